The standard InChI is InChI=1S/C12H18N4O3/c1-7(2)15(3)12(19)16-5-9-8(13-6-14-9)4-10(16)11(17)18/h6-7,10H,4-5H2,1-3H3,(H,13,14)(H,17,18). The Morgan fingerprint density at radius 3 is 2.84 bits per heavy atom. The molecule has 0 bridgehead atoms. The molecular weight excluding hydrogens is 248 g/mol. The van der Waals surface area contributed by atoms with E-state index in [-0.39, 0.29) is 25.0 Å². The average Bonchev–Trinajstić information content (AvgIpc) is 2.82. The van der Waals surface area contributed by atoms with Gasteiger partial charge in [0.15, 0.2) is 0 Å². The Kier molecular flexibility index (Phi) is 3.46. The van der Waals surface area contributed by atoms with Gasteiger partial charge in [0.25, 0.3) is 0 Å². The Labute approximate surface area is 111 Å². The molecule has 2 amide bonds. The van der Waals surface area contributed by atoms with E-state index in [4.69, 9.17) is 0 Å². The van der Waals surface area contributed by atoms with E-state index >= 15 is 0 Å². The van der Waals surface area contributed by atoms with Gasteiger partial charge in [0.05, 0.1) is 24.3 Å². The lowest BCUT2D eigenvalue weighted by Gasteiger charge is -2.36. The van der Waals surface area contributed by atoms with Crippen LogP contribution in [0.1, 0.15) is 25.2 Å². The molecule has 1 aliphatic rings. The van der Waals surface area contributed by atoms with Crippen LogP contribution in [0, 0.1) is 0 Å². The van der Waals surface area contributed by atoms with Crippen molar-refractivity contribution < 1.29 is 14.7 Å². The monoisotopic (exact) mass is 266 g/mol. The molecule has 0 spiro atoms. The number of fused-ring (bicyclic) bond motifs is 1. The highest BCUT2D eigenvalue weighted by molar-refractivity contribution is 5.83. The van der Waals surface area contributed by atoms with Crippen LogP contribution in [0.25, 0.3) is 0 Å². The first-order valence-corrected chi connectivity index (χ1v) is 6.19. The number of aliphatic carboxylic acids is 1. The maximum atomic E-state index is 12.3. The topological polar surface area (TPSA) is 89.5 Å². The van der Waals surface area contributed by atoms with Gasteiger partial charge >= 0.3 is 12.0 Å². The van der Waals surface area contributed by atoms with Crippen LogP contribution in [0.15, 0.2) is 6.33 Å². The molecule has 0 aliphatic carbocycles. The number of hydrogen-bond donors (Lipinski definition) is 2. The van der Waals surface area contributed by atoms with E-state index in [0.29, 0.717) is 0 Å². The molecule has 1 aromatic heterocycles. The van der Waals surface area contributed by atoms with Crippen molar-refractivity contribution in [2.45, 2.75) is 38.9 Å². The summed E-state index contributed by atoms with van der Waals surface area (Å²) in [4.78, 5) is 33.6. The Morgan fingerprint density at radius 1 is 1.58 bits per heavy atom. The normalized spacial score (nSPS) is 18.3. The number of carbonyl (C=O) groups is 2. The molecule has 2 N–H and O–H groups in total. The second-order valence-corrected chi connectivity index (χ2v) is 5.00. The van der Waals surface area contributed by atoms with Gasteiger partial charge in [0, 0.05) is 19.5 Å². The molecule has 0 saturated heterocycles. The fourth-order valence-electron chi connectivity index (χ4n) is 2.08. The Morgan fingerprint density at radius 2 is 2.26 bits per heavy atom. The number of nitrogens with one attached hydrogen (secondary N) is 1. The molecule has 2 rings (SSSR count). The highest BCUT2D eigenvalue weighted by atomic mass is 16.4. The van der Waals surface area contributed by atoms with E-state index in [1.807, 2.05) is 13.8 Å². The summed E-state index contributed by atoms with van der Waals surface area (Å²) in [5.74, 6) is -1.00. The van der Waals surface area contributed by atoms with Gasteiger partial charge in [-0.25, -0.2) is 14.6 Å². The summed E-state index contributed by atoms with van der Waals surface area (Å²) in [5, 5.41) is 9.29. The van der Waals surface area contributed by atoms with Crippen molar-refractivity contribution >= 4 is 12.0 Å². The molecule has 2 heterocycles. The van der Waals surface area contributed by atoms with Crippen LogP contribution in [0.3, 0.4) is 0 Å². The number of aromatic nitrogens is 2. The molecule has 7 nitrogen and oxygen atoms in total. The predicted octanol–water partition coefficient (Wildman–Crippen LogP) is 0.681. The molecule has 0 fully saturated rings. The van der Waals surface area contributed by atoms with Crippen molar-refractivity contribution in [2.75, 3.05) is 7.05 Å². The van der Waals surface area contributed by atoms with Gasteiger partial charge in [-0.1, -0.05) is 0 Å². The predicted molar refractivity (Wildman–Crippen MR) is 67.6 cm³/mol. The van der Waals surface area contributed by atoms with Crippen LogP contribution in [0.2, 0.25) is 0 Å². The molecule has 104 valence electrons. The highest BCUT2D eigenvalue weighted by Crippen LogP contribution is 2.22. The van der Waals surface area contributed by atoms with Crippen LogP contribution in [0.5, 0.6) is 0 Å². The molecule has 0 radical (unpaired) electrons. The minimum Gasteiger partial charge on any atom is -0.480 e. The summed E-state index contributed by atoms with van der Waals surface area (Å²) < 4.78 is 0. The number of H-pyrrole nitrogens is 1. The molecular formula is C12H18N4O3. The van der Waals surface area contributed by atoms with E-state index in [0.717, 1.165) is 11.4 Å². The van der Waals surface area contributed by atoms with Crippen LogP contribution in [0.4, 0.5) is 4.79 Å². The summed E-state index contributed by atoms with van der Waals surface area (Å²) in [6.07, 6.45) is 1.77. The van der Waals surface area contributed by atoms with Gasteiger partial charge in [-0.05, 0) is 13.8 Å². The van der Waals surface area contributed by atoms with Gasteiger partial charge in [0.1, 0.15) is 6.04 Å². The van der Waals surface area contributed by atoms with Crippen LogP contribution < -0.4 is 0 Å². The molecule has 1 aliphatic heterocycles. The van der Waals surface area contributed by atoms with E-state index in [1.165, 1.54) is 16.1 Å². The van der Waals surface area contributed by atoms with E-state index < -0.39 is 12.0 Å². The number of nitrogens with zero attached hydrogens (tertiary/aromatic N) is 3. The number of carboxylic acids is 1. The SMILES string of the molecule is CC(C)N(C)C(=O)N1Cc2[nH]cnc2CC1C(=O)O. The Hall–Kier alpha value is -2.05. The van der Waals surface area contributed by atoms with E-state index in [2.05, 4.69) is 9.97 Å². The summed E-state index contributed by atoms with van der Waals surface area (Å²) >= 11 is 0. The number of carboxylic acid groups (broad SMARTS) is 1. The Bertz CT molecular complexity index is 497. The first-order valence-electron chi connectivity index (χ1n) is 6.19. The fraction of sp³-hybridized carbons (Fsp3) is 0.583. The summed E-state index contributed by atoms with van der Waals surface area (Å²) in [6.45, 7) is 4.03. The minimum absolute atomic E-state index is 0.0186. The number of amides is 2. The second kappa shape index (κ2) is 4.91. The number of imidazole rings is 1. The number of hydrogen-bond acceptors (Lipinski definition) is 3. The maximum Gasteiger partial charge on any atom is 0.326 e. The lowest BCUT2D eigenvalue weighted by atomic mass is 10.0. The van der Waals surface area contributed by atoms with Crippen molar-refractivity contribution in [3.63, 3.8) is 0 Å². The summed E-state index contributed by atoms with van der Waals surface area (Å²) in [6, 6.07) is -1.11. The first-order chi connectivity index (χ1) is 8.91. The number of rotatable bonds is 2. The van der Waals surface area contributed by atoms with Gasteiger partial charge in [-0.15, -0.1) is 0 Å². The number of carbonyl (C=O) groups excluding carboxylic acids is 1. The fourth-order valence-corrected chi connectivity index (χ4v) is 2.08. The lowest BCUT2D eigenvalue weighted by Crippen LogP contribution is -2.53. The summed E-state index contributed by atoms with van der Waals surface area (Å²) in [7, 11) is 1.67. The first kappa shape index (κ1) is 13.4. The van der Waals surface area contributed by atoms with Gasteiger partial charge < -0.3 is 19.9 Å². The largest absolute Gasteiger partial charge is 0.480 e. The molecule has 0 aromatic carbocycles. The lowest BCUT2D eigenvalue weighted by molar-refractivity contribution is -0.143. The highest BCUT2D eigenvalue weighted by Gasteiger charge is 2.37. The third-order valence-corrected chi connectivity index (χ3v) is 3.51. The molecule has 1 aromatic rings. The van der Waals surface area contributed by atoms with Crippen LogP contribution in [-0.4, -0.2) is 56.0 Å². The number of urea groups is 1. The van der Waals surface area contributed by atoms with Crippen LogP contribution >= 0.6 is 0 Å². The summed E-state index contributed by atoms with van der Waals surface area (Å²) in [5.41, 5.74) is 1.53. The maximum absolute atomic E-state index is 12.3. The Balaban J connectivity index is 2.27. The molecule has 1 atom stereocenters. The quantitative estimate of drug-likeness (QED) is 0.823. The van der Waals surface area contributed by atoms with Crippen molar-refractivity contribution in [3.8, 4) is 0 Å². The third-order valence-electron chi connectivity index (χ3n) is 3.51. The zero-order valence-corrected chi connectivity index (χ0v) is 11.3. The van der Waals surface area contributed by atoms with Crippen molar-refractivity contribution in [3.05, 3.63) is 17.7 Å². The molecule has 19 heavy (non-hydrogen) atoms. The smallest absolute Gasteiger partial charge is 0.326 e. The van der Waals surface area contributed by atoms with Crippen LogP contribution in [-0.2, 0) is 17.8 Å². The molecule has 0 saturated carbocycles. The van der Waals surface area contributed by atoms with Gasteiger partial charge in [-0.2, -0.15) is 0 Å². The average molecular weight is 266 g/mol. The minimum atomic E-state index is -1.00. The van der Waals surface area contributed by atoms with Crippen molar-refractivity contribution in [1.82, 2.24) is 19.8 Å². The van der Waals surface area contributed by atoms with Crippen molar-refractivity contribution in [2.24, 2.45) is 0 Å². The van der Waals surface area contributed by atoms with E-state index in [1.54, 1.807) is 7.05 Å². The zero-order chi connectivity index (χ0) is 14.2. The van der Waals surface area contributed by atoms with Gasteiger partial charge in [0.2, 0.25) is 0 Å². The second-order valence-electron chi connectivity index (χ2n) is 5.00. The van der Waals surface area contributed by atoms with E-state index in [9.17, 15) is 14.7 Å². The third kappa shape index (κ3) is 2.40. The zero-order valence-electron chi connectivity index (χ0n) is 11.3. The van der Waals surface area contributed by atoms with Gasteiger partial charge in [-0.3, -0.25) is 0 Å². The molecule has 1 unspecified atom stereocenters. The molecule has 7 heteroatoms. The number of aromatic amines is 1. The van der Waals surface area contributed by atoms with Crippen molar-refractivity contribution in [1.29, 1.82) is 0 Å².